The summed E-state index contributed by atoms with van der Waals surface area (Å²) in [5.74, 6) is 1.36. The molecule has 2 unspecified atom stereocenters. The first-order valence-electron chi connectivity index (χ1n) is 7.03. The van der Waals surface area contributed by atoms with Crippen LogP contribution in [0.2, 0.25) is 0 Å². The van der Waals surface area contributed by atoms with Crippen molar-refractivity contribution in [3.05, 3.63) is 22.8 Å². The van der Waals surface area contributed by atoms with Crippen LogP contribution >= 0.6 is 0 Å². The molecule has 0 saturated carbocycles. The quantitative estimate of drug-likeness (QED) is 0.859. The summed E-state index contributed by atoms with van der Waals surface area (Å²) in [4.78, 5) is 9.33. The first kappa shape index (κ1) is 13.0. The van der Waals surface area contributed by atoms with Crippen molar-refractivity contribution in [1.82, 2.24) is 9.97 Å². The maximum Gasteiger partial charge on any atom is 0.160 e. The van der Waals surface area contributed by atoms with Crippen LogP contribution in [0.5, 0.6) is 0 Å². The summed E-state index contributed by atoms with van der Waals surface area (Å²) < 4.78 is 11.1. The van der Waals surface area contributed by atoms with E-state index in [0.29, 0.717) is 25.7 Å². The number of aryl methyl sites for hydroxylation is 2. The van der Waals surface area contributed by atoms with Crippen LogP contribution in [0.15, 0.2) is 0 Å². The Balaban J connectivity index is 1.87. The summed E-state index contributed by atoms with van der Waals surface area (Å²) in [5, 5.41) is 0. The van der Waals surface area contributed by atoms with Crippen molar-refractivity contribution in [2.24, 2.45) is 11.7 Å². The van der Waals surface area contributed by atoms with Crippen molar-refractivity contribution in [2.75, 3.05) is 26.4 Å². The summed E-state index contributed by atoms with van der Waals surface area (Å²) in [7, 11) is 0. The van der Waals surface area contributed by atoms with Gasteiger partial charge in [-0.2, -0.15) is 0 Å². The highest BCUT2D eigenvalue weighted by molar-refractivity contribution is 5.28. The largest absolute Gasteiger partial charge is 0.376 e. The van der Waals surface area contributed by atoms with Gasteiger partial charge in [0.25, 0.3) is 0 Å². The minimum absolute atomic E-state index is 0.106. The topological polar surface area (TPSA) is 70.3 Å². The predicted molar refractivity (Wildman–Crippen MR) is 70.9 cm³/mol. The molecule has 0 bridgehead atoms. The highest BCUT2D eigenvalue weighted by Crippen LogP contribution is 2.27. The molecular weight excluding hydrogens is 242 g/mol. The van der Waals surface area contributed by atoms with Gasteiger partial charge in [0.05, 0.1) is 19.8 Å². The van der Waals surface area contributed by atoms with Gasteiger partial charge in [-0.3, -0.25) is 0 Å². The van der Waals surface area contributed by atoms with Crippen molar-refractivity contribution in [2.45, 2.75) is 32.3 Å². The molecular formula is C14H21N3O2. The zero-order chi connectivity index (χ0) is 13.2. The average Bonchev–Trinajstić information content (AvgIpc) is 2.48. The number of fused-ring (bicyclic) bond motifs is 1. The second-order valence-electron chi connectivity index (χ2n) is 5.37. The average molecular weight is 263 g/mol. The van der Waals surface area contributed by atoms with E-state index in [2.05, 4.69) is 11.9 Å². The zero-order valence-corrected chi connectivity index (χ0v) is 11.4. The maximum atomic E-state index is 5.78. The molecule has 5 heteroatoms. The van der Waals surface area contributed by atoms with E-state index in [1.807, 2.05) is 0 Å². The monoisotopic (exact) mass is 263 g/mol. The summed E-state index contributed by atoms with van der Waals surface area (Å²) in [5.41, 5.74) is 9.33. The summed E-state index contributed by atoms with van der Waals surface area (Å²) >= 11 is 0. The number of ether oxygens (including phenoxy) is 2. The third-order valence-corrected chi connectivity index (χ3v) is 4.04. The van der Waals surface area contributed by atoms with Gasteiger partial charge >= 0.3 is 0 Å². The van der Waals surface area contributed by atoms with E-state index in [9.17, 15) is 0 Å². The lowest BCUT2D eigenvalue weighted by molar-refractivity contribution is -0.0936. The number of rotatable bonds is 2. The molecule has 19 heavy (non-hydrogen) atoms. The van der Waals surface area contributed by atoms with Gasteiger partial charge in [-0.25, -0.2) is 9.97 Å². The molecule has 0 radical (unpaired) electrons. The van der Waals surface area contributed by atoms with Gasteiger partial charge in [0.15, 0.2) is 5.82 Å². The number of aromatic nitrogens is 2. The Kier molecular flexibility index (Phi) is 3.77. The smallest absolute Gasteiger partial charge is 0.160 e. The van der Waals surface area contributed by atoms with E-state index in [1.54, 1.807) is 0 Å². The normalized spacial score (nSPS) is 27.1. The van der Waals surface area contributed by atoms with Gasteiger partial charge in [0.2, 0.25) is 0 Å². The van der Waals surface area contributed by atoms with Crippen LogP contribution in [0, 0.1) is 12.8 Å². The Morgan fingerprint density at radius 2 is 2.21 bits per heavy atom. The second kappa shape index (κ2) is 5.53. The molecule has 0 amide bonds. The molecule has 104 valence electrons. The van der Waals surface area contributed by atoms with Gasteiger partial charge in [0.1, 0.15) is 6.10 Å². The van der Waals surface area contributed by atoms with Gasteiger partial charge in [-0.1, -0.05) is 0 Å². The van der Waals surface area contributed by atoms with Crippen LogP contribution in [0.3, 0.4) is 0 Å². The fourth-order valence-electron chi connectivity index (χ4n) is 2.86. The van der Waals surface area contributed by atoms with Crippen LogP contribution in [-0.2, 0) is 22.3 Å². The molecule has 1 aliphatic heterocycles. The van der Waals surface area contributed by atoms with Crippen molar-refractivity contribution >= 4 is 0 Å². The van der Waals surface area contributed by atoms with Gasteiger partial charge in [-0.15, -0.1) is 0 Å². The first-order chi connectivity index (χ1) is 9.28. The molecule has 1 saturated heterocycles. The molecule has 2 atom stereocenters. The third kappa shape index (κ3) is 2.63. The summed E-state index contributed by atoms with van der Waals surface area (Å²) in [6, 6.07) is 0. The fraction of sp³-hybridized carbons (Fsp3) is 0.714. The lowest BCUT2D eigenvalue weighted by atomic mass is 9.86. The molecule has 2 heterocycles. The van der Waals surface area contributed by atoms with Crippen molar-refractivity contribution in [1.29, 1.82) is 0 Å². The lowest BCUT2D eigenvalue weighted by Crippen LogP contribution is -2.27. The van der Waals surface area contributed by atoms with Gasteiger partial charge < -0.3 is 15.2 Å². The highest BCUT2D eigenvalue weighted by Gasteiger charge is 2.25. The minimum Gasteiger partial charge on any atom is -0.376 e. The lowest BCUT2D eigenvalue weighted by Gasteiger charge is -2.27. The van der Waals surface area contributed by atoms with Crippen molar-refractivity contribution < 1.29 is 9.47 Å². The Labute approximate surface area is 113 Å². The number of hydrogen-bond acceptors (Lipinski definition) is 5. The van der Waals surface area contributed by atoms with E-state index >= 15 is 0 Å². The second-order valence-corrected chi connectivity index (χ2v) is 5.37. The minimum atomic E-state index is -0.106. The summed E-state index contributed by atoms with van der Waals surface area (Å²) in [6.07, 6.45) is 3.03. The molecule has 3 rings (SSSR count). The van der Waals surface area contributed by atoms with Crippen LogP contribution in [0.1, 0.15) is 35.3 Å². The van der Waals surface area contributed by atoms with Crippen molar-refractivity contribution in [3.8, 4) is 0 Å². The molecule has 2 N–H and O–H groups in total. The van der Waals surface area contributed by atoms with E-state index in [-0.39, 0.29) is 6.10 Å². The number of hydrogen-bond donors (Lipinski definition) is 1. The SMILES string of the molecule is Cc1nc(C2COCCO2)nc2c1CC(CN)CC2. The van der Waals surface area contributed by atoms with Crippen LogP contribution in [-0.4, -0.2) is 36.3 Å². The molecule has 5 nitrogen and oxygen atoms in total. The zero-order valence-electron chi connectivity index (χ0n) is 11.4. The maximum absolute atomic E-state index is 5.78. The highest BCUT2D eigenvalue weighted by atomic mass is 16.6. The van der Waals surface area contributed by atoms with Crippen LogP contribution < -0.4 is 5.73 Å². The van der Waals surface area contributed by atoms with E-state index in [1.165, 1.54) is 11.3 Å². The van der Waals surface area contributed by atoms with Crippen LogP contribution in [0.25, 0.3) is 0 Å². The Bertz CT molecular complexity index is 458. The van der Waals surface area contributed by atoms with Gasteiger partial charge in [0, 0.05) is 11.4 Å². The Morgan fingerprint density at radius 3 is 2.95 bits per heavy atom. The number of nitrogens with zero attached hydrogens (tertiary/aromatic N) is 2. The first-order valence-corrected chi connectivity index (χ1v) is 7.03. The Morgan fingerprint density at radius 1 is 1.32 bits per heavy atom. The molecule has 1 aromatic rings. The van der Waals surface area contributed by atoms with E-state index in [4.69, 9.17) is 20.2 Å². The third-order valence-electron chi connectivity index (χ3n) is 4.04. The molecule has 1 aromatic heterocycles. The fourth-order valence-corrected chi connectivity index (χ4v) is 2.86. The summed E-state index contributed by atoms with van der Waals surface area (Å²) in [6.45, 7) is 4.66. The molecule has 0 aromatic carbocycles. The van der Waals surface area contributed by atoms with Gasteiger partial charge in [-0.05, 0) is 44.2 Å². The Hall–Kier alpha value is -1.04. The van der Waals surface area contributed by atoms with Crippen LogP contribution in [0.4, 0.5) is 0 Å². The molecule has 1 fully saturated rings. The van der Waals surface area contributed by atoms with E-state index in [0.717, 1.165) is 37.3 Å². The predicted octanol–water partition coefficient (Wildman–Crippen LogP) is 0.937. The molecule has 2 aliphatic rings. The molecule has 1 aliphatic carbocycles. The van der Waals surface area contributed by atoms with E-state index < -0.39 is 0 Å². The van der Waals surface area contributed by atoms with Crippen molar-refractivity contribution in [3.63, 3.8) is 0 Å². The molecule has 0 spiro atoms. The standard InChI is InChI=1S/C14H21N3O2/c1-9-11-6-10(7-15)2-3-12(11)17-14(16-9)13-8-18-4-5-19-13/h10,13H,2-8,15H2,1H3. The number of nitrogens with two attached hydrogens (primary N) is 1.